The highest BCUT2D eigenvalue weighted by molar-refractivity contribution is 5.83. The van der Waals surface area contributed by atoms with Gasteiger partial charge in [0.05, 0.1) is 13.2 Å². The topological polar surface area (TPSA) is 105 Å². The average molecular weight is 286 g/mol. The molecule has 0 spiro atoms. The Bertz CT molecular complexity index is 413. The molecule has 0 aliphatic carbocycles. The number of nitrogens with zero attached hydrogens (tertiary/aromatic N) is 1. The third-order valence-electron chi connectivity index (χ3n) is 3.58. The van der Waals surface area contributed by atoms with Gasteiger partial charge in [0, 0.05) is 13.1 Å². The van der Waals surface area contributed by atoms with Crippen molar-refractivity contribution in [1.29, 1.82) is 0 Å². The van der Waals surface area contributed by atoms with E-state index >= 15 is 0 Å². The largest absolute Gasteiger partial charge is 0.479 e. The number of hydrogen-bond acceptors (Lipinski definition) is 5. The Morgan fingerprint density at radius 1 is 1.25 bits per heavy atom. The molecular formula is C12H18N2O6. The van der Waals surface area contributed by atoms with E-state index in [9.17, 15) is 14.4 Å². The SMILES string of the molecule is COC(=O)NC1CCN(C(=O)[C@@H]2CC[C@H](C(=O)O)O2)C1. The fourth-order valence-electron chi connectivity index (χ4n) is 2.51. The van der Waals surface area contributed by atoms with Crippen LogP contribution in [0.15, 0.2) is 0 Å². The van der Waals surface area contributed by atoms with Crippen molar-refractivity contribution in [1.82, 2.24) is 10.2 Å². The Balaban J connectivity index is 1.83. The number of rotatable bonds is 3. The molecule has 2 aliphatic heterocycles. The van der Waals surface area contributed by atoms with E-state index in [1.165, 1.54) is 7.11 Å². The van der Waals surface area contributed by atoms with Crippen LogP contribution in [-0.4, -0.2) is 66.4 Å². The van der Waals surface area contributed by atoms with Gasteiger partial charge in [-0.05, 0) is 19.3 Å². The number of nitrogens with one attached hydrogen (secondary N) is 1. The molecule has 2 fully saturated rings. The lowest BCUT2D eigenvalue weighted by atomic mass is 10.2. The maximum Gasteiger partial charge on any atom is 0.407 e. The van der Waals surface area contributed by atoms with Crippen LogP contribution >= 0.6 is 0 Å². The van der Waals surface area contributed by atoms with Crippen LogP contribution in [0.1, 0.15) is 19.3 Å². The number of methoxy groups -OCH3 is 1. The van der Waals surface area contributed by atoms with Crippen LogP contribution in [0.4, 0.5) is 4.79 Å². The van der Waals surface area contributed by atoms with Crippen LogP contribution in [0, 0.1) is 0 Å². The van der Waals surface area contributed by atoms with E-state index in [2.05, 4.69) is 10.1 Å². The lowest BCUT2D eigenvalue weighted by molar-refractivity contribution is -0.154. The molecule has 2 rings (SSSR count). The average Bonchev–Trinajstić information content (AvgIpc) is 3.06. The maximum absolute atomic E-state index is 12.2. The van der Waals surface area contributed by atoms with Crippen LogP contribution in [0.5, 0.6) is 0 Å². The zero-order valence-corrected chi connectivity index (χ0v) is 11.2. The number of carboxylic acids is 1. The molecular weight excluding hydrogens is 268 g/mol. The number of ether oxygens (including phenoxy) is 2. The fourth-order valence-corrected chi connectivity index (χ4v) is 2.51. The Morgan fingerprint density at radius 3 is 2.55 bits per heavy atom. The third-order valence-corrected chi connectivity index (χ3v) is 3.58. The first kappa shape index (κ1) is 14.6. The molecule has 0 radical (unpaired) electrons. The number of carbonyl (C=O) groups excluding carboxylic acids is 2. The molecule has 2 amide bonds. The van der Waals surface area contributed by atoms with Gasteiger partial charge in [0.2, 0.25) is 0 Å². The molecule has 8 heteroatoms. The zero-order valence-electron chi connectivity index (χ0n) is 11.2. The molecule has 0 aromatic carbocycles. The Labute approximate surface area is 116 Å². The van der Waals surface area contributed by atoms with E-state index in [1.807, 2.05) is 0 Å². The summed E-state index contributed by atoms with van der Waals surface area (Å²) in [5.41, 5.74) is 0. The first-order valence-electron chi connectivity index (χ1n) is 6.52. The summed E-state index contributed by atoms with van der Waals surface area (Å²) in [6.07, 6.45) is -0.684. The van der Waals surface area contributed by atoms with Gasteiger partial charge in [-0.3, -0.25) is 4.79 Å². The van der Waals surface area contributed by atoms with E-state index < -0.39 is 24.3 Å². The van der Waals surface area contributed by atoms with Crippen molar-refractivity contribution in [3.8, 4) is 0 Å². The molecule has 20 heavy (non-hydrogen) atoms. The Kier molecular flexibility index (Phi) is 4.43. The van der Waals surface area contributed by atoms with Crippen LogP contribution in [-0.2, 0) is 19.1 Å². The van der Waals surface area contributed by atoms with E-state index in [1.54, 1.807) is 4.90 Å². The number of likely N-dealkylation sites (tertiary alicyclic amines) is 1. The molecule has 1 unspecified atom stereocenters. The Hall–Kier alpha value is -1.83. The lowest BCUT2D eigenvalue weighted by Gasteiger charge is -2.20. The second-order valence-electron chi connectivity index (χ2n) is 4.93. The molecule has 0 aromatic rings. The minimum absolute atomic E-state index is 0.136. The third kappa shape index (κ3) is 3.19. The highest BCUT2D eigenvalue weighted by Crippen LogP contribution is 2.23. The summed E-state index contributed by atoms with van der Waals surface area (Å²) in [6.45, 7) is 0.913. The highest BCUT2D eigenvalue weighted by atomic mass is 16.5. The molecule has 2 aliphatic rings. The quantitative estimate of drug-likeness (QED) is 0.729. The molecule has 2 heterocycles. The van der Waals surface area contributed by atoms with Crippen LogP contribution in [0.25, 0.3) is 0 Å². The zero-order chi connectivity index (χ0) is 14.7. The summed E-state index contributed by atoms with van der Waals surface area (Å²) in [5.74, 6) is -1.24. The molecule has 112 valence electrons. The maximum atomic E-state index is 12.2. The van der Waals surface area contributed by atoms with Gasteiger partial charge in [-0.25, -0.2) is 9.59 Å². The van der Waals surface area contributed by atoms with Crippen molar-refractivity contribution in [3.05, 3.63) is 0 Å². The summed E-state index contributed by atoms with van der Waals surface area (Å²) in [5, 5.41) is 11.5. The predicted octanol–water partition coefficient (Wildman–Crippen LogP) is -0.424. The number of alkyl carbamates (subject to hydrolysis) is 1. The first-order valence-corrected chi connectivity index (χ1v) is 6.52. The molecule has 0 bridgehead atoms. The number of aliphatic carboxylic acids is 1. The van der Waals surface area contributed by atoms with Crippen molar-refractivity contribution in [2.75, 3.05) is 20.2 Å². The van der Waals surface area contributed by atoms with Gasteiger partial charge in [-0.1, -0.05) is 0 Å². The predicted molar refractivity (Wildman–Crippen MR) is 66.1 cm³/mol. The second-order valence-corrected chi connectivity index (χ2v) is 4.93. The van der Waals surface area contributed by atoms with Crippen LogP contribution in [0.3, 0.4) is 0 Å². The fraction of sp³-hybridized carbons (Fsp3) is 0.750. The van der Waals surface area contributed by atoms with Gasteiger partial charge in [0.25, 0.3) is 5.91 Å². The number of hydrogen-bond donors (Lipinski definition) is 2. The minimum Gasteiger partial charge on any atom is -0.479 e. The molecule has 3 atom stereocenters. The summed E-state index contributed by atoms with van der Waals surface area (Å²) in [6, 6.07) is -0.136. The first-order chi connectivity index (χ1) is 9.51. The van der Waals surface area contributed by atoms with Crippen LogP contribution in [0.2, 0.25) is 0 Å². The Morgan fingerprint density at radius 2 is 1.95 bits per heavy atom. The molecule has 0 aromatic heterocycles. The number of amides is 2. The summed E-state index contributed by atoms with van der Waals surface area (Å²) in [4.78, 5) is 35.7. The monoisotopic (exact) mass is 286 g/mol. The summed E-state index contributed by atoms with van der Waals surface area (Å²) in [7, 11) is 1.28. The summed E-state index contributed by atoms with van der Waals surface area (Å²) < 4.78 is 9.74. The van der Waals surface area contributed by atoms with E-state index in [0.29, 0.717) is 32.4 Å². The van der Waals surface area contributed by atoms with Crippen molar-refractivity contribution in [2.45, 2.75) is 37.5 Å². The molecule has 8 nitrogen and oxygen atoms in total. The normalized spacial score (nSPS) is 29.2. The van der Waals surface area contributed by atoms with Crippen molar-refractivity contribution in [3.63, 3.8) is 0 Å². The van der Waals surface area contributed by atoms with Gasteiger partial charge in [-0.15, -0.1) is 0 Å². The van der Waals surface area contributed by atoms with Crippen molar-refractivity contribution < 1.29 is 29.0 Å². The number of carbonyl (C=O) groups is 3. The van der Waals surface area contributed by atoms with Gasteiger partial charge in [0.15, 0.2) is 6.10 Å². The molecule has 2 N–H and O–H groups in total. The van der Waals surface area contributed by atoms with E-state index in [4.69, 9.17) is 9.84 Å². The summed E-state index contributed by atoms with van der Waals surface area (Å²) >= 11 is 0. The van der Waals surface area contributed by atoms with E-state index in [0.717, 1.165) is 0 Å². The minimum atomic E-state index is -1.04. The standard InChI is InChI=1S/C12H18N2O6/c1-19-12(18)13-7-4-5-14(6-7)10(15)8-2-3-9(20-8)11(16)17/h7-9H,2-6H2,1H3,(H,13,18)(H,16,17)/t7?,8-,9+/m0/s1. The van der Waals surface area contributed by atoms with Gasteiger partial charge in [-0.2, -0.15) is 0 Å². The molecule has 0 saturated carbocycles. The van der Waals surface area contributed by atoms with Gasteiger partial charge < -0.3 is 24.8 Å². The second kappa shape index (κ2) is 6.08. The van der Waals surface area contributed by atoms with Gasteiger partial charge in [0.1, 0.15) is 6.10 Å². The van der Waals surface area contributed by atoms with Crippen molar-refractivity contribution >= 4 is 18.0 Å². The highest BCUT2D eigenvalue weighted by Gasteiger charge is 2.38. The smallest absolute Gasteiger partial charge is 0.407 e. The lowest BCUT2D eigenvalue weighted by Crippen LogP contribution is -2.42. The van der Waals surface area contributed by atoms with Crippen LogP contribution < -0.4 is 5.32 Å². The van der Waals surface area contributed by atoms with Gasteiger partial charge >= 0.3 is 12.1 Å². The van der Waals surface area contributed by atoms with Crippen molar-refractivity contribution in [2.24, 2.45) is 0 Å². The van der Waals surface area contributed by atoms with E-state index in [-0.39, 0.29) is 11.9 Å². The molecule has 2 saturated heterocycles. The number of carboxylic acid groups (broad SMARTS) is 1.